The summed E-state index contributed by atoms with van der Waals surface area (Å²) in [6, 6.07) is 13.4. The van der Waals surface area contributed by atoms with Crippen LogP contribution in [0.3, 0.4) is 0 Å². The lowest BCUT2D eigenvalue weighted by atomic mass is 10.2. The van der Waals surface area contributed by atoms with Crippen LogP contribution in [0.25, 0.3) is 0 Å². The summed E-state index contributed by atoms with van der Waals surface area (Å²) in [4.78, 5) is 24.5. The lowest BCUT2D eigenvalue weighted by Crippen LogP contribution is -2.08. The van der Waals surface area contributed by atoms with Crippen LogP contribution in [0.15, 0.2) is 85.2 Å². The summed E-state index contributed by atoms with van der Waals surface area (Å²) >= 11 is 0. The lowest BCUT2D eigenvalue weighted by molar-refractivity contribution is -0.130. The molecule has 9 heteroatoms. The van der Waals surface area contributed by atoms with Crippen molar-refractivity contribution in [2.45, 2.75) is 46.5 Å². The van der Waals surface area contributed by atoms with Crippen LogP contribution in [0.1, 0.15) is 46.5 Å². The van der Waals surface area contributed by atoms with Crippen molar-refractivity contribution in [1.82, 2.24) is 15.0 Å². The predicted octanol–water partition coefficient (Wildman–Crippen LogP) is 7.37. The van der Waals surface area contributed by atoms with E-state index in [0.29, 0.717) is 40.9 Å². The van der Waals surface area contributed by atoms with Crippen LogP contribution in [0.4, 0.5) is 0 Å². The van der Waals surface area contributed by atoms with Gasteiger partial charge in [-0.1, -0.05) is 45.9 Å². The normalized spacial score (nSPS) is 10.3. The van der Waals surface area contributed by atoms with Gasteiger partial charge in [-0.15, -0.1) is 15.0 Å². The third kappa shape index (κ3) is 9.62. The number of carbonyl (C=O) groups is 1. The van der Waals surface area contributed by atoms with Crippen molar-refractivity contribution in [3.8, 4) is 41.0 Å². The number of hydrogen-bond donors (Lipinski definition) is 0. The molecule has 2 aromatic carbocycles. The molecule has 0 spiro atoms. The lowest BCUT2D eigenvalue weighted by Gasteiger charge is -2.11. The van der Waals surface area contributed by atoms with E-state index in [1.807, 2.05) is 6.92 Å². The monoisotopic (exact) mass is 531 g/mol. The second-order valence-electron chi connectivity index (χ2n) is 8.71. The van der Waals surface area contributed by atoms with Gasteiger partial charge in [0, 0.05) is 5.57 Å². The smallest absolute Gasteiger partial charge is 0.338 e. The zero-order chi connectivity index (χ0) is 28.2. The molecule has 1 heterocycles. The molecule has 0 unspecified atom stereocenters. The molecule has 9 nitrogen and oxygen atoms in total. The highest BCUT2D eigenvalue weighted by Crippen LogP contribution is 2.27. The first kappa shape index (κ1) is 28.9. The van der Waals surface area contributed by atoms with Crippen LogP contribution in [-0.4, -0.2) is 27.5 Å². The molecule has 0 aliphatic carbocycles. The first-order valence-corrected chi connectivity index (χ1v) is 12.6. The van der Waals surface area contributed by atoms with Gasteiger partial charge in [0.1, 0.15) is 28.8 Å². The minimum absolute atomic E-state index is 0.00409. The minimum atomic E-state index is -0.510. The van der Waals surface area contributed by atoms with Crippen LogP contribution < -0.4 is 23.7 Å². The molecule has 0 fully saturated rings. The van der Waals surface area contributed by atoms with E-state index in [9.17, 15) is 4.79 Å². The predicted molar refractivity (Wildman–Crippen MR) is 148 cm³/mol. The molecule has 0 aliphatic heterocycles. The first-order valence-electron chi connectivity index (χ1n) is 12.6. The Morgan fingerprint density at radius 3 is 1.64 bits per heavy atom. The number of nitrogens with zero attached hydrogens (tertiary/aromatic N) is 3. The fourth-order valence-electron chi connectivity index (χ4n) is 2.95. The van der Waals surface area contributed by atoms with Gasteiger partial charge in [0.25, 0.3) is 0 Å². The fraction of sp³-hybridized carbons (Fsp3) is 0.267. The highest BCUT2D eigenvalue weighted by molar-refractivity contribution is 5.88. The Bertz CT molecular complexity index is 1210. The van der Waals surface area contributed by atoms with Crippen molar-refractivity contribution >= 4 is 5.97 Å². The van der Waals surface area contributed by atoms with E-state index in [-0.39, 0.29) is 18.0 Å². The van der Waals surface area contributed by atoms with E-state index in [2.05, 4.69) is 41.6 Å². The number of benzene rings is 2. The Kier molecular flexibility index (Phi) is 10.6. The van der Waals surface area contributed by atoms with Crippen molar-refractivity contribution < 1.29 is 28.5 Å². The fourth-order valence-corrected chi connectivity index (χ4v) is 2.95. The molecule has 204 valence electrons. The molecule has 0 aliphatic rings. The Labute approximate surface area is 228 Å². The maximum atomic E-state index is 11.7. The molecule has 0 amide bonds. The third-order valence-electron chi connectivity index (χ3n) is 5.14. The van der Waals surface area contributed by atoms with Crippen LogP contribution in [0, 0.1) is 0 Å². The standard InChI is InChI=1S/C30H33N3O6/c1-7-8-9-10-19-35-28-31-29(38-25-15-11-23(12-16-25)36-22(6)20(2)3)33-30(32-28)39-26-17-13-24(14-18-26)37-27(34)21(4)5/h11-18H,2,4,6-10,19H2,1,3,5H3. The van der Waals surface area contributed by atoms with Crippen molar-refractivity contribution in [2.75, 3.05) is 6.61 Å². The number of allylic oxidation sites excluding steroid dienone is 1. The first-order chi connectivity index (χ1) is 18.7. The molecule has 0 saturated heterocycles. The highest BCUT2D eigenvalue weighted by Gasteiger charge is 2.13. The van der Waals surface area contributed by atoms with E-state index in [1.165, 1.54) is 0 Å². The van der Waals surface area contributed by atoms with Gasteiger partial charge in [0.15, 0.2) is 0 Å². The SMILES string of the molecule is C=C(C)C(=C)Oc1ccc(Oc2nc(OCCCCCC)nc(Oc3ccc(OC(=O)C(=C)C)cc3)n2)cc1. The summed E-state index contributed by atoms with van der Waals surface area (Å²) in [7, 11) is 0. The van der Waals surface area contributed by atoms with E-state index in [0.717, 1.165) is 31.3 Å². The molecule has 1 aromatic heterocycles. The molecule has 0 saturated carbocycles. The Balaban J connectivity index is 1.75. The number of carbonyl (C=O) groups excluding carboxylic acids is 1. The average Bonchev–Trinajstić information content (AvgIpc) is 2.90. The second-order valence-corrected chi connectivity index (χ2v) is 8.71. The van der Waals surface area contributed by atoms with Crippen LogP contribution in [0.2, 0.25) is 0 Å². The molecule has 0 N–H and O–H groups in total. The number of hydrogen-bond acceptors (Lipinski definition) is 9. The van der Waals surface area contributed by atoms with E-state index >= 15 is 0 Å². The van der Waals surface area contributed by atoms with Crippen molar-refractivity contribution in [1.29, 1.82) is 0 Å². The third-order valence-corrected chi connectivity index (χ3v) is 5.14. The van der Waals surface area contributed by atoms with Gasteiger partial charge in [0.05, 0.1) is 6.61 Å². The Morgan fingerprint density at radius 2 is 1.15 bits per heavy atom. The summed E-state index contributed by atoms with van der Waals surface area (Å²) < 4.78 is 28.3. The summed E-state index contributed by atoms with van der Waals surface area (Å²) in [5.74, 6) is 1.79. The number of aromatic nitrogens is 3. The molecular formula is C30H33N3O6. The van der Waals surface area contributed by atoms with E-state index < -0.39 is 5.97 Å². The number of esters is 1. The molecule has 3 rings (SSSR count). The van der Waals surface area contributed by atoms with E-state index in [4.69, 9.17) is 23.7 Å². The summed E-state index contributed by atoms with van der Waals surface area (Å²) in [6.07, 6.45) is 4.16. The van der Waals surface area contributed by atoms with Gasteiger partial charge in [-0.25, -0.2) is 4.79 Å². The van der Waals surface area contributed by atoms with Gasteiger partial charge in [-0.3, -0.25) is 0 Å². The summed E-state index contributed by atoms with van der Waals surface area (Å²) in [5.41, 5.74) is 1.03. The van der Waals surface area contributed by atoms with Gasteiger partial charge in [0.2, 0.25) is 0 Å². The molecule has 3 aromatic rings. The number of unbranched alkanes of at least 4 members (excludes halogenated alkanes) is 3. The van der Waals surface area contributed by atoms with Crippen molar-refractivity contribution in [2.24, 2.45) is 0 Å². The Morgan fingerprint density at radius 1 is 0.667 bits per heavy atom. The summed E-state index contributed by atoms with van der Waals surface area (Å²) in [6.45, 7) is 17.2. The number of ether oxygens (including phenoxy) is 5. The van der Waals surface area contributed by atoms with E-state index in [1.54, 1.807) is 55.5 Å². The molecule has 0 atom stereocenters. The summed E-state index contributed by atoms with van der Waals surface area (Å²) in [5, 5.41) is 0. The molecule has 0 bridgehead atoms. The largest absolute Gasteiger partial charge is 0.463 e. The van der Waals surface area contributed by atoms with Gasteiger partial charge < -0.3 is 23.7 Å². The van der Waals surface area contributed by atoms with Crippen molar-refractivity contribution in [3.63, 3.8) is 0 Å². The average molecular weight is 532 g/mol. The second kappa shape index (κ2) is 14.3. The van der Waals surface area contributed by atoms with Crippen molar-refractivity contribution in [3.05, 3.63) is 85.2 Å². The molecular weight excluding hydrogens is 498 g/mol. The van der Waals surface area contributed by atoms with Gasteiger partial charge in [-0.05, 0) is 74.4 Å². The Hall–Kier alpha value is -4.66. The molecule has 39 heavy (non-hydrogen) atoms. The maximum absolute atomic E-state index is 11.7. The highest BCUT2D eigenvalue weighted by atomic mass is 16.5. The van der Waals surface area contributed by atoms with Gasteiger partial charge >= 0.3 is 24.0 Å². The number of rotatable bonds is 15. The maximum Gasteiger partial charge on any atom is 0.338 e. The topological polar surface area (TPSA) is 102 Å². The van der Waals surface area contributed by atoms with Gasteiger partial charge in [-0.2, -0.15) is 0 Å². The quantitative estimate of drug-likeness (QED) is 0.0497. The van der Waals surface area contributed by atoms with Crippen LogP contribution in [0.5, 0.6) is 41.0 Å². The van der Waals surface area contributed by atoms with Crippen LogP contribution in [-0.2, 0) is 4.79 Å². The zero-order valence-corrected chi connectivity index (χ0v) is 22.6. The van der Waals surface area contributed by atoms with Crippen LogP contribution >= 0.6 is 0 Å². The zero-order valence-electron chi connectivity index (χ0n) is 22.6. The molecule has 0 radical (unpaired) electrons. The minimum Gasteiger partial charge on any atom is -0.463 e.